The van der Waals surface area contributed by atoms with Crippen LogP contribution in [0.3, 0.4) is 0 Å². The molecule has 0 aliphatic heterocycles. The lowest BCUT2D eigenvalue weighted by atomic mass is 9.92. The number of nitrogens with zero attached hydrogens (tertiary/aromatic N) is 2. The molecule has 0 fully saturated rings. The molecule has 2 aromatic carbocycles. The molecular formula is C28H28N2+2. The molecule has 5 rings (SSSR count). The molecule has 0 radical (unpaired) electrons. The summed E-state index contributed by atoms with van der Waals surface area (Å²) in [6.45, 7) is 6.62. The van der Waals surface area contributed by atoms with Crippen LogP contribution >= 0.6 is 0 Å². The summed E-state index contributed by atoms with van der Waals surface area (Å²) in [6.07, 6.45) is 3.23. The van der Waals surface area contributed by atoms with Gasteiger partial charge in [-0.2, -0.15) is 4.57 Å². The van der Waals surface area contributed by atoms with Crippen LogP contribution in [-0.4, -0.2) is 0 Å². The van der Waals surface area contributed by atoms with Crippen molar-refractivity contribution in [3.8, 4) is 33.6 Å². The Kier molecular flexibility index (Phi) is 4.32. The van der Waals surface area contributed by atoms with E-state index < -0.39 is 0 Å². The van der Waals surface area contributed by atoms with E-state index in [1.807, 2.05) is 0 Å². The summed E-state index contributed by atoms with van der Waals surface area (Å²) in [6, 6.07) is 22.4. The van der Waals surface area contributed by atoms with Crippen molar-refractivity contribution in [3.05, 3.63) is 94.8 Å². The molecule has 0 amide bonds. The van der Waals surface area contributed by atoms with Gasteiger partial charge in [-0.1, -0.05) is 30.3 Å². The summed E-state index contributed by atoms with van der Waals surface area (Å²) in [5.74, 6) is 0. The number of hydrogen-bond acceptors (Lipinski definition) is 0. The Bertz CT molecular complexity index is 1310. The Balaban J connectivity index is 1.78. The van der Waals surface area contributed by atoms with E-state index in [1.54, 1.807) is 0 Å². The van der Waals surface area contributed by atoms with E-state index in [1.165, 1.54) is 61.6 Å². The average molecular weight is 393 g/mol. The molecule has 0 spiro atoms. The smallest absolute Gasteiger partial charge is 0.200 e. The van der Waals surface area contributed by atoms with Gasteiger partial charge in [0.2, 0.25) is 11.4 Å². The van der Waals surface area contributed by atoms with Crippen LogP contribution in [0.15, 0.2) is 66.9 Å². The van der Waals surface area contributed by atoms with Crippen molar-refractivity contribution in [2.45, 2.75) is 27.2 Å². The standard InChI is InChI=1S/C28H28N2/c1-18-15-19(2)30(5)26(16-18)23-11-8-12-24(20(23)3)28-27-22(13-14-29(28)4)17-21-9-6-7-10-25(21)27/h6-16H,17H2,1-5H3/q+2. The molecule has 0 atom stereocenters. The maximum absolute atomic E-state index is 2.30. The molecule has 0 bridgehead atoms. The second-order valence-corrected chi connectivity index (χ2v) is 8.61. The summed E-state index contributed by atoms with van der Waals surface area (Å²) < 4.78 is 4.58. The topological polar surface area (TPSA) is 7.76 Å². The van der Waals surface area contributed by atoms with Crippen molar-refractivity contribution in [1.82, 2.24) is 0 Å². The van der Waals surface area contributed by atoms with Gasteiger partial charge in [0.05, 0.1) is 11.1 Å². The van der Waals surface area contributed by atoms with Crippen LogP contribution in [0.25, 0.3) is 33.6 Å². The molecule has 0 saturated heterocycles. The van der Waals surface area contributed by atoms with Crippen LogP contribution in [0.4, 0.5) is 0 Å². The summed E-state index contributed by atoms with van der Waals surface area (Å²) >= 11 is 0. The third-order valence-corrected chi connectivity index (χ3v) is 6.63. The molecule has 0 N–H and O–H groups in total. The first-order valence-corrected chi connectivity index (χ1v) is 10.6. The van der Waals surface area contributed by atoms with Gasteiger partial charge < -0.3 is 0 Å². The van der Waals surface area contributed by atoms with Crippen LogP contribution < -0.4 is 9.13 Å². The molecule has 30 heavy (non-hydrogen) atoms. The maximum Gasteiger partial charge on any atom is 0.220 e. The van der Waals surface area contributed by atoms with Gasteiger partial charge in [-0.05, 0) is 60.2 Å². The monoisotopic (exact) mass is 392 g/mol. The van der Waals surface area contributed by atoms with Gasteiger partial charge in [-0.25, -0.2) is 4.57 Å². The fourth-order valence-electron chi connectivity index (χ4n) is 4.98. The predicted octanol–water partition coefficient (Wildman–Crippen LogP) is 5.17. The number of benzene rings is 2. The highest BCUT2D eigenvalue weighted by atomic mass is 14.9. The van der Waals surface area contributed by atoms with E-state index in [0.717, 1.165) is 6.42 Å². The number of hydrogen-bond donors (Lipinski definition) is 0. The highest BCUT2D eigenvalue weighted by Crippen LogP contribution is 2.42. The van der Waals surface area contributed by atoms with Crippen molar-refractivity contribution < 1.29 is 9.13 Å². The Morgan fingerprint density at radius 1 is 0.733 bits per heavy atom. The van der Waals surface area contributed by atoms with E-state index in [0.29, 0.717) is 0 Å². The average Bonchev–Trinajstić information content (AvgIpc) is 3.10. The lowest BCUT2D eigenvalue weighted by Gasteiger charge is -2.13. The first-order valence-electron chi connectivity index (χ1n) is 10.6. The molecule has 0 saturated carbocycles. The van der Waals surface area contributed by atoms with E-state index >= 15 is 0 Å². The highest BCUT2D eigenvalue weighted by molar-refractivity contribution is 5.89. The van der Waals surface area contributed by atoms with Gasteiger partial charge >= 0.3 is 0 Å². The fourth-order valence-corrected chi connectivity index (χ4v) is 4.98. The first kappa shape index (κ1) is 18.7. The summed E-state index contributed by atoms with van der Waals surface area (Å²) in [5, 5.41) is 0. The molecule has 4 aromatic rings. The zero-order chi connectivity index (χ0) is 21.0. The molecule has 148 valence electrons. The largest absolute Gasteiger partial charge is 0.220 e. The molecule has 1 aliphatic rings. The SMILES string of the molecule is Cc1cc(C)[n+](C)c(-c2cccc(-c3c4c(cc[n+]3C)Cc3ccccc3-4)c2C)c1. The van der Waals surface area contributed by atoms with Crippen LogP contribution in [0, 0.1) is 20.8 Å². The molecule has 0 unspecified atom stereocenters. The van der Waals surface area contributed by atoms with Crippen LogP contribution in [0.1, 0.15) is 27.9 Å². The van der Waals surface area contributed by atoms with Gasteiger partial charge in [-0.15, -0.1) is 0 Å². The summed E-state index contributed by atoms with van der Waals surface area (Å²) in [7, 11) is 4.33. The Hall–Kier alpha value is -3.26. The normalized spacial score (nSPS) is 12.0. The van der Waals surface area contributed by atoms with Gasteiger partial charge in [0.25, 0.3) is 0 Å². The highest BCUT2D eigenvalue weighted by Gasteiger charge is 2.29. The Morgan fingerprint density at radius 2 is 1.47 bits per heavy atom. The third-order valence-electron chi connectivity index (χ3n) is 6.63. The van der Waals surface area contributed by atoms with Gasteiger partial charge in [0.1, 0.15) is 14.1 Å². The zero-order valence-corrected chi connectivity index (χ0v) is 18.5. The van der Waals surface area contributed by atoms with Gasteiger partial charge in [0, 0.05) is 30.7 Å². The maximum atomic E-state index is 2.30. The second kappa shape index (κ2) is 6.91. The summed E-state index contributed by atoms with van der Waals surface area (Å²) in [4.78, 5) is 0. The summed E-state index contributed by atoms with van der Waals surface area (Å²) in [5.41, 5.74) is 14.7. The molecular weight excluding hydrogens is 364 g/mol. The minimum Gasteiger partial charge on any atom is -0.200 e. The van der Waals surface area contributed by atoms with E-state index in [2.05, 4.69) is 111 Å². The third kappa shape index (κ3) is 2.79. The number of aromatic nitrogens is 2. The molecule has 1 aliphatic carbocycles. The lowest BCUT2D eigenvalue weighted by Crippen LogP contribution is -2.35. The number of aryl methyl sites for hydroxylation is 3. The number of rotatable bonds is 2. The van der Waals surface area contributed by atoms with Crippen LogP contribution in [0.2, 0.25) is 0 Å². The number of fused-ring (bicyclic) bond motifs is 3. The quantitative estimate of drug-likeness (QED) is 0.366. The van der Waals surface area contributed by atoms with Crippen molar-refractivity contribution in [2.24, 2.45) is 14.1 Å². The molecule has 2 aromatic heterocycles. The molecule has 2 nitrogen and oxygen atoms in total. The van der Waals surface area contributed by atoms with E-state index in [9.17, 15) is 0 Å². The van der Waals surface area contributed by atoms with Crippen molar-refractivity contribution in [3.63, 3.8) is 0 Å². The molecule has 2 heterocycles. The second-order valence-electron chi connectivity index (χ2n) is 8.61. The number of pyridine rings is 2. The fraction of sp³-hybridized carbons (Fsp3) is 0.214. The Morgan fingerprint density at radius 3 is 2.30 bits per heavy atom. The Labute approximate surface area is 179 Å². The van der Waals surface area contributed by atoms with E-state index in [-0.39, 0.29) is 0 Å². The van der Waals surface area contributed by atoms with E-state index in [4.69, 9.17) is 0 Å². The van der Waals surface area contributed by atoms with Crippen molar-refractivity contribution >= 4 is 0 Å². The van der Waals surface area contributed by atoms with Crippen molar-refractivity contribution in [2.75, 3.05) is 0 Å². The van der Waals surface area contributed by atoms with Crippen LogP contribution in [-0.2, 0) is 20.5 Å². The minimum absolute atomic E-state index is 1.02. The zero-order valence-electron chi connectivity index (χ0n) is 18.5. The van der Waals surface area contributed by atoms with Crippen LogP contribution in [0.5, 0.6) is 0 Å². The van der Waals surface area contributed by atoms with Gasteiger partial charge in [0.15, 0.2) is 11.9 Å². The van der Waals surface area contributed by atoms with Gasteiger partial charge in [-0.3, -0.25) is 0 Å². The molecule has 2 heteroatoms. The predicted molar refractivity (Wildman–Crippen MR) is 122 cm³/mol. The van der Waals surface area contributed by atoms with Crippen molar-refractivity contribution in [1.29, 1.82) is 0 Å². The first-order chi connectivity index (χ1) is 14.5. The minimum atomic E-state index is 1.02. The lowest BCUT2D eigenvalue weighted by molar-refractivity contribution is -0.666.